The summed E-state index contributed by atoms with van der Waals surface area (Å²) >= 11 is 0. The van der Waals surface area contributed by atoms with E-state index >= 15 is 0 Å². The van der Waals surface area contributed by atoms with Crippen LogP contribution in [0.15, 0.2) is 11.1 Å². The Kier molecular flexibility index (Phi) is 4.59. The van der Waals surface area contributed by atoms with Gasteiger partial charge in [-0.25, -0.2) is 4.98 Å². The number of nitrogens with two attached hydrogens (primary N) is 1. The topological polar surface area (TPSA) is 156 Å². The van der Waals surface area contributed by atoms with Gasteiger partial charge in [-0.05, 0) is 6.92 Å². The number of aliphatic hydroxyl groups is 2. The second-order valence-corrected chi connectivity index (χ2v) is 4.70. The number of carbonyl (C=O) groups is 1. The SMILES string of the molecule is CCOC(O)(O)CC(=O)CBn1cnc2c(=O)[nH]c(N)nc21. The zero-order chi connectivity index (χ0) is 16.3. The molecule has 118 valence electrons. The van der Waals surface area contributed by atoms with Crippen LogP contribution in [-0.2, 0) is 9.53 Å². The van der Waals surface area contributed by atoms with Gasteiger partial charge in [0.1, 0.15) is 5.78 Å². The fourth-order valence-corrected chi connectivity index (χ4v) is 2.01. The summed E-state index contributed by atoms with van der Waals surface area (Å²) in [5.74, 6) is -2.94. The van der Waals surface area contributed by atoms with Gasteiger partial charge in [0.25, 0.3) is 18.9 Å². The Morgan fingerprint density at radius 3 is 3.00 bits per heavy atom. The fraction of sp³-hybridized carbons (Fsp3) is 0.455. The first-order valence-corrected chi connectivity index (χ1v) is 6.63. The molecule has 0 aliphatic rings. The Morgan fingerprint density at radius 1 is 1.59 bits per heavy atom. The third kappa shape index (κ3) is 3.69. The monoisotopic (exact) mass is 309 g/mol. The van der Waals surface area contributed by atoms with Gasteiger partial charge in [0.2, 0.25) is 5.95 Å². The largest absolute Gasteiger partial charge is 0.369 e. The lowest BCUT2D eigenvalue weighted by atomic mass is 9.84. The molecule has 0 fully saturated rings. The zero-order valence-electron chi connectivity index (χ0n) is 11.9. The van der Waals surface area contributed by atoms with Gasteiger partial charge in [-0.2, -0.15) is 4.98 Å². The van der Waals surface area contributed by atoms with Crippen LogP contribution >= 0.6 is 0 Å². The van der Waals surface area contributed by atoms with Gasteiger partial charge in [-0.1, -0.05) is 0 Å². The van der Waals surface area contributed by atoms with Crippen molar-refractivity contribution in [2.75, 3.05) is 12.3 Å². The van der Waals surface area contributed by atoms with Gasteiger partial charge >= 0.3 is 0 Å². The number of nitrogen functional groups attached to an aromatic ring is 1. The summed E-state index contributed by atoms with van der Waals surface area (Å²) in [6.45, 7) is 1.65. The Hall–Kier alpha value is -2.24. The number of ether oxygens (including phenoxy) is 1. The lowest BCUT2D eigenvalue weighted by molar-refractivity contribution is -0.333. The molecule has 22 heavy (non-hydrogen) atoms. The molecule has 0 bridgehead atoms. The van der Waals surface area contributed by atoms with Crippen LogP contribution in [0.3, 0.4) is 0 Å². The number of nitrogens with one attached hydrogen (secondary N) is 1. The molecule has 0 aliphatic carbocycles. The van der Waals surface area contributed by atoms with E-state index in [9.17, 15) is 19.8 Å². The van der Waals surface area contributed by atoms with E-state index in [1.807, 2.05) is 0 Å². The summed E-state index contributed by atoms with van der Waals surface area (Å²) in [6, 6.07) is 0. The number of fused-ring (bicyclic) bond motifs is 1. The second-order valence-electron chi connectivity index (χ2n) is 4.70. The summed E-state index contributed by atoms with van der Waals surface area (Å²) in [5.41, 5.74) is 5.39. The van der Waals surface area contributed by atoms with E-state index in [4.69, 9.17) is 5.73 Å². The number of imidazole rings is 1. The van der Waals surface area contributed by atoms with Gasteiger partial charge in [-0.15, -0.1) is 0 Å². The summed E-state index contributed by atoms with van der Waals surface area (Å²) in [7, 11) is 0.174. The van der Waals surface area contributed by atoms with E-state index in [2.05, 4.69) is 19.7 Å². The van der Waals surface area contributed by atoms with Crippen molar-refractivity contribution in [3.05, 3.63) is 16.7 Å². The highest BCUT2D eigenvalue weighted by Gasteiger charge is 2.27. The molecule has 2 aromatic rings. The molecule has 0 saturated heterocycles. The maximum Gasteiger partial charge on any atom is 0.285 e. The third-order valence-corrected chi connectivity index (χ3v) is 2.93. The van der Waals surface area contributed by atoms with Crippen molar-refractivity contribution >= 4 is 30.3 Å². The first-order chi connectivity index (χ1) is 10.3. The molecule has 0 aliphatic heterocycles. The zero-order valence-corrected chi connectivity index (χ0v) is 11.9. The second kappa shape index (κ2) is 6.26. The summed E-state index contributed by atoms with van der Waals surface area (Å²) < 4.78 is 6.13. The van der Waals surface area contributed by atoms with Gasteiger partial charge in [-0.3, -0.25) is 9.78 Å². The predicted molar refractivity (Wildman–Crippen MR) is 78.3 cm³/mol. The molecule has 0 spiro atoms. The lowest BCUT2D eigenvalue weighted by Gasteiger charge is -2.19. The van der Waals surface area contributed by atoms with Crippen LogP contribution in [0.1, 0.15) is 13.3 Å². The van der Waals surface area contributed by atoms with E-state index in [1.54, 1.807) is 6.92 Å². The normalized spacial score (nSPS) is 11.8. The Labute approximate surface area is 125 Å². The molecule has 11 heteroatoms. The quantitative estimate of drug-likeness (QED) is 0.336. The third-order valence-electron chi connectivity index (χ3n) is 2.93. The standard InChI is InChI=1S/C11H16BN5O5/c1-2-22-11(20,21)3-6(18)4-12-17-5-14-7-8(17)15-10(13)16-9(7)19/h5,12,20-21H,2-4H2,1H3,(H3,13,15,16,19). The number of H-pyrrole nitrogens is 1. The Bertz CT molecular complexity index is 740. The number of anilines is 1. The molecule has 0 unspecified atom stereocenters. The number of aromatic amines is 1. The van der Waals surface area contributed by atoms with Crippen molar-refractivity contribution in [3.8, 4) is 0 Å². The van der Waals surface area contributed by atoms with Crippen molar-refractivity contribution in [2.45, 2.75) is 25.6 Å². The highest BCUT2D eigenvalue weighted by atomic mass is 16.8. The van der Waals surface area contributed by atoms with Crippen molar-refractivity contribution in [3.63, 3.8) is 0 Å². The number of hydrogen-bond donors (Lipinski definition) is 4. The van der Waals surface area contributed by atoms with E-state index < -0.39 is 23.7 Å². The minimum atomic E-state index is -2.47. The molecule has 0 saturated carbocycles. The van der Waals surface area contributed by atoms with Gasteiger partial charge in [0.05, 0.1) is 12.7 Å². The van der Waals surface area contributed by atoms with E-state index in [0.29, 0.717) is 0 Å². The van der Waals surface area contributed by atoms with E-state index in [0.717, 1.165) is 0 Å². The van der Waals surface area contributed by atoms with Gasteiger partial charge in [0, 0.05) is 12.9 Å². The molecule has 5 N–H and O–H groups in total. The van der Waals surface area contributed by atoms with Crippen molar-refractivity contribution < 1.29 is 19.7 Å². The summed E-state index contributed by atoms with van der Waals surface area (Å²) in [6.07, 6.45) is 0.812. The molecule has 0 amide bonds. The molecule has 2 heterocycles. The average Bonchev–Trinajstić information content (AvgIpc) is 2.78. The molecule has 0 atom stereocenters. The molecular formula is C11H16BN5O5. The first kappa shape index (κ1) is 16.1. The fourth-order valence-electron chi connectivity index (χ4n) is 2.01. The van der Waals surface area contributed by atoms with Crippen LogP contribution in [-0.4, -0.2) is 55.4 Å². The number of nitrogens with zero attached hydrogens (tertiary/aromatic N) is 3. The van der Waals surface area contributed by atoms with Crippen LogP contribution in [0.25, 0.3) is 11.2 Å². The van der Waals surface area contributed by atoms with E-state index in [1.165, 1.54) is 10.8 Å². The number of carbonyl (C=O) groups excluding carboxylic acids is 1. The van der Waals surface area contributed by atoms with Gasteiger partial charge < -0.3 is 30.0 Å². The summed E-state index contributed by atoms with van der Waals surface area (Å²) in [5, 5.41) is 18.8. The smallest absolute Gasteiger partial charge is 0.285 e. The Balaban J connectivity index is 2.06. The molecule has 2 rings (SSSR count). The molecule has 10 nitrogen and oxygen atoms in total. The number of hydrogen-bond acceptors (Lipinski definition) is 8. The number of Topliss-reactive ketones (excluding diaryl/α,β-unsaturated/α-hetero) is 1. The molecule has 0 radical (unpaired) electrons. The van der Waals surface area contributed by atoms with Gasteiger partial charge in [0.15, 0.2) is 11.2 Å². The minimum Gasteiger partial charge on any atom is -0.369 e. The minimum absolute atomic E-state index is 0.00418. The predicted octanol–water partition coefficient (Wildman–Crippen LogP) is -2.05. The number of aromatic nitrogens is 4. The number of ketones is 1. The van der Waals surface area contributed by atoms with Crippen molar-refractivity contribution in [1.82, 2.24) is 19.4 Å². The van der Waals surface area contributed by atoms with Crippen LogP contribution in [0.5, 0.6) is 0 Å². The highest BCUT2D eigenvalue weighted by molar-refractivity contribution is 6.41. The first-order valence-electron chi connectivity index (χ1n) is 6.63. The summed E-state index contributed by atoms with van der Waals surface area (Å²) in [4.78, 5) is 33.6. The van der Waals surface area contributed by atoms with Crippen molar-refractivity contribution in [2.24, 2.45) is 0 Å². The van der Waals surface area contributed by atoms with Crippen LogP contribution in [0.4, 0.5) is 5.95 Å². The average molecular weight is 309 g/mol. The lowest BCUT2D eigenvalue weighted by Crippen LogP contribution is -2.35. The Morgan fingerprint density at radius 2 is 2.32 bits per heavy atom. The molecule has 0 aromatic carbocycles. The van der Waals surface area contributed by atoms with Crippen LogP contribution in [0.2, 0.25) is 6.32 Å². The maximum absolute atomic E-state index is 11.8. The highest BCUT2D eigenvalue weighted by Crippen LogP contribution is 2.11. The molecular weight excluding hydrogens is 293 g/mol. The molecule has 2 aromatic heterocycles. The number of rotatable bonds is 7. The van der Waals surface area contributed by atoms with Crippen LogP contribution < -0.4 is 11.3 Å². The van der Waals surface area contributed by atoms with Crippen molar-refractivity contribution in [1.29, 1.82) is 0 Å². The van der Waals surface area contributed by atoms with E-state index in [-0.39, 0.29) is 37.5 Å². The maximum atomic E-state index is 11.8. The van der Waals surface area contributed by atoms with Crippen LogP contribution in [0, 0.1) is 0 Å².